The minimum absolute atomic E-state index is 0.0240. The fourth-order valence-corrected chi connectivity index (χ4v) is 2.44. The van der Waals surface area contributed by atoms with Crippen molar-refractivity contribution < 1.29 is 14.6 Å². The molecule has 88 valence electrons. The molecule has 0 spiro atoms. The lowest BCUT2D eigenvalue weighted by atomic mass is 9.89. The number of carbonyl (C=O) groups is 1. The quantitative estimate of drug-likeness (QED) is 0.790. The van der Waals surface area contributed by atoms with Crippen molar-refractivity contribution in [3.63, 3.8) is 0 Å². The molecule has 0 amide bonds. The molecule has 2 aliphatic rings. The van der Waals surface area contributed by atoms with Crippen molar-refractivity contribution in [3.8, 4) is 0 Å². The highest BCUT2D eigenvalue weighted by molar-refractivity contribution is 5.88. The maximum Gasteiger partial charge on any atom is 0.354 e. The van der Waals surface area contributed by atoms with Gasteiger partial charge in [0.2, 0.25) is 0 Å². The number of allylic oxidation sites excluding steroid dienone is 2. The van der Waals surface area contributed by atoms with Gasteiger partial charge in [-0.3, -0.25) is 4.68 Å². The summed E-state index contributed by atoms with van der Waals surface area (Å²) in [5, 5.41) is 13.5. The summed E-state index contributed by atoms with van der Waals surface area (Å²) in [5.41, 5.74) is 1.74. The van der Waals surface area contributed by atoms with E-state index in [0.717, 1.165) is 5.69 Å². The molecule has 1 aromatic rings. The summed E-state index contributed by atoms with van der Waals surface area (Å²) in [7, 11) is 1.65. The van der Waals surface area contributed by atoms with Gasteiger partial charge in [0, 0.05) is 12.6 Å². The molecule has 5 heteroatoms. The molecule has 0 radical (unpaired) electrons. The molecule has 2 atom stereocenters. The van der Waals surface area contributed by atoms with Crippen molar-refractivity contribution in [1.29, 1.82) is 0 Å². The van der Waals surface area contributed by atoms with E-state index in [9.17, 15) is 4.79 Å². The Balaban J connectivity index is 2.13. The van der Waals surface area contributed by atoms with E-state index >= 15 is 0 Å². The zero-order valence-corrected chi connectivity index (χ0v) is 9.33. The zero-order valence-electron chi connectivity index (χ0n) is 9.33. The predicted molar refractivity (Wildman–Crippen MR) is 59.8 cm³/mol. The Labute approximate surface area is 98.0 Å². The molecule has 2 heterocycles. The minimum atomic E-state index is -0.960. The SMILES string of the molecule is Cn1nc2c(c1C(=O)O)COC1C=CC=CC21. The number of fused-ring (bicyclic) bond motifs is 3. The van der Waals surface area contributed by atoms with Crippen LogP contribution in [0.5, 0.6) is 0 Å². The molecular weight excluding hydrogens is 220 g/mol. The Bertz CT molecular complexity index is 542. The number of nitrogens with zero attached hydrogens (tertiary/aromatic N) is 2. The third-order valence-corrected chi connectivity index (χ3v) is 3.20. The lowest BCUT2D eigenvalue weighted by molar-refractivity contribution is 0.0455. The highest BCUT2D eigenvalue weighted by atomic mass is 16.5. The van der Waals surface area contributed by atoms with E-state index in [-0.39, 0.29) is 17.7 Å². The van der Waals surface area contributed by atoms with Gasteiger partial charge in [-0.15, -0.1) is 0 Å². The van der Waals surface area contributed by atoms with Gasteiger partial charge in [0.15, 0.2) is 5.69 Å². The van der Waals surface area contributed by atoms with E-state index in [4.69, 9.17) is 9.84 Å². The van der Waals surface area contributed by atoms with Crippen LogP contribution in [-0.4, -0.2) is 27.0 Å². The van der Waals surface area contributed by atoms with Crippen molar-refractivity contribution in [2.24, 2.45) is 7.05 Å². The highest BCUT2D eigenvalue weighted by Crippen LogP contribution is 2.35. The summed E-state index contributed by atoms with van der Waals surface area (Å²) in [6, 6.07) is 0. The Kier molecular flexibility index (Phi) is 2.16. The van der Waals surface area contributed by atoms with Crippen molar-refractivity contribution in [2.75, 3.05) is 0 Å². The van der Waals surface area contributed by atoms with Gasteiger partial charge in [-0.05, 0) is 0 Å². The average molecular weight is 232 g/mol. The normalized spacial score (nSPS) is 25.5. The van der Waals surface area contributed by atoms with Crippen LogP contribution in [0.2, 0.25) is 0 Å². The van der Waals surface area contributed by atoms with Gasteiger partial charge < -0.3 is 9.84 Å². The van der Waals surface area contributed by atoms with Gasteiger partial charge in [0.25, 0.3) is 0 Å². The van der Waals surface area contributed by atoms with Crippen LogP contribution in [0.25, 0.3) is 0 Å². The first-order valence-corrected chi connectivity index (χ1v) is 5.44. The second-order valence-electron chi connectivity index (χ2n) is 4.21. The number of ether oxygens (including phenoxy) is 1. The third kappa shape index (κ3) is 1.43. The number of hydrogen-bond donors (Lipinski definition) is 1. The molecule has 1 aliphatic carbocycles. The summed E-state index contributed by atoms with van der Waals surface area (Å²) >= 11 is 0. The van der Waals surface area contributed by atoms with Gasteiger partial charge in [-0.2, -0.15) is 5.10 Å². The number of aromatic carboxylic acids is 1. The van der Waals surface area contributed by atoms with Crippen molar-refractivity contribution in [1.82, 2.24) is 9.78 Å². The van der Waals surface area contributed by atoms with Crippen LogP contribution in [0, 0.1) is 0 Å². The smallest absolute Gasteiger partial charge is 0.354 e. The fourth-order valence-electron chi connectivity index (χ4n) is 2.44. The minimum Gasteiger partial charge on any atom is -0.477 e. The van der Waals surface area contributed by atoms with Crippen LogP contribution in [0.15, 0.2) is 24.3 Å². The topological polar surface area (TPSA) is 64.4 Å². The van der Waals surface area contributed by atoms with E-state index < -0.39 is 5.97 Å². The van der Waals surface area contributed by atoms with Gasteiger partial charge in [0.1, 0.15) is 0 Å². The Hall–Kier alpha value is -1.88. The monoisotopic (exact) mass is 232 g/mol. The largest absolute Gasteiger partial charge is 0.477 e. The Morgan fingerprint density at radius 1 is 1.53 bits per heavy atom. The van der Waals surface area contributed by atoms with E-state index in [1.165, 1.54) is 4.68 Å². The van der Waals surface area contributed by atoms with E-state index in [2.05, 4.69) is 5.10 Å². The number of aromatic nitrogens is 2. The summed E-state index contributed by atoms with van der Waals surface area (Å²) in [5.74, 6) is -0.929. The lowest BCUT2D eigenvalue weighted by Gasteiger charge is -2.28. The average Bonchev–Trinajstić information content (AvgIpc) is 2.65. The molecule has 3 rings (SSSR count). The van der Waals surface area contributed by atoms with Gasteiger partial charge in [-0.25, -0.2) is 4.79 Å². The molecule has 0 aromatic carbocycles. The molecule has 1 aromatic heterocycles. The van der Waals surface area contributed by atoms with Gasteiger partial charge in [0.05, 0.1) is 24.3 Å². The number of rotatable bonds is 1. The predicted octanol–water partition coefficient (Wildman–Crippen LogP) is 1.23. The maximum absolute atomic E-state index is 11.2. The molecule has 2 unspecified atom stereocenters. The Morgan fingerprint density at radius 2 is 2.29 bits per heavy atom. The van der Waals surface area contributed by atoms with Crippen LogP contribution >= 0.6 is 0 Å². The first-order valence-electron chi connectivity index (χ1n) is 5.44. The third-order valence-electron chi connectivity index (χ3n) is 3.20. The van der Waals surface area contributed by atoms with Crippen LogP contribution in [0.1, 0.15) is 27.7 Å². The van der Waals surface area contributed by atoms with Crippen LogP contribution < -0.4 is 0 Å². The summed E-state index contributed by atoms with van der Waals surface area (Å²) in [4.78, 5) is 11.2. The standard InChI is InChI=1S/C12H12N2O3/c1-14-11(12(15)16)8-6-17-9-5-3-2-4-7(9)10(8)13-14/h2-5,7,9H,6H2,1H3,(H,15,16). The number of carboxylic acid groups (broad SMARTS) is 1. The van der Waals surface area contributed by atoms with Crippen molar-refractivity contribution >= 4 is 5.97 Å². The van der Waals surface area contributed by atoms with E-state index in [1.54, 1.807) is 7.05 Å². The molecule has 5 nitrogen and oxygen atoms in total. The molecule has 0 fully saturated rings. The number of aryl methyl sites for hydroxylation is 1. The van der Waals surface area contributed by atoms with Crippen molar-refractivity contribution in [3.05, 3.63) is 41.3 Å². The first kappa shape index (κ1) is 10.3. The molecular formula is C12H12N2O3. The Morgan fingerprint density at radius 3 is 3.06 bits per heavy atom. The summed E-state index contributed by atoms with van der Waals surface area (Å²) in [6.07, 6.45) is 7.83. The molecule has 0 bridgehead atoms. The van der Waals surface area contributed by atoms with Crippen molar-refractivity contribution in [2.45, 2.75) is 18.6 Å². The summed E-state index contributed by atoms with van der Waals surface area (Å²) < 4.78 is 7.08. The highest BCUT2D eigenvalue weighted by Gasteiger charge is 2.34. The second kappa shape index (κ2) is 3.56. The first-order chi connectivity index (χ1) is 8.18. The van der Waals surface area contributed by atoms with E-state index in [1.807, 2.05) is 24.3 Å². The molecule has 17 heavy (non-hydrogen) atoms. The summed E-state index contributed by atoms with van der Waals surface area (Å²) in [6.45, 7) is 0.310. The second-order valence-corrected chi connectivity index (χ2v) is 4.21. The van der Waals surface area contributed by atoms with Gasteiger partial charge in [-0.1, -0.05) is 24.3 Å². The molecule has 0 saturated carbocycles. The molecule has 0 saturated heterocycles. The van der Waals surface area contributed by atoms with E-state index in [0.29, 0.717) is 12.2 Å². The lowest BCUT2D eigenvalue weighted by Crippen LogP contribution is -2.26. The zero-order chi connectivity index (χ0) is 12.0. The number of carboxylic acids is 1. The maximum atomic E-state index is 11.2. The molecule has 1 N–H and O–H groups in total. The van der Waals surface area contributed by atoms with Crippen LogP contribution in [-0.2, 0) is 18.4 Å². The van der Waals surface area contributed by atoms with Crippen LogP contribution in [0.3, 0.4) is 0 Å². The van der Waals surface area contributed by atoms with Gasteiger partial charge >= 0.3 is 5.97 Å². The number of hydrogen-bond acceptors (Lipinski definition) is 3. The fraction of sp³-hybridized carbons (Fsp3) is 0.333. The van der Waals surface area contributed by atoms with Crippen LogP contribution in [0.4, 0.5) is 0 Å². The molecule has 1 aliphatic heterocycles.